The van der Waals surface area contributed by atoms with Crippen molar-refractivity contribution in [2.45, 2.75) is 70.9 Å². The second-order valence-corrected chi connectivity index (χ2v) is 8.44. The number of hydrogen-bond donors (Lipinski definition) is 2. The van der Waals surface area contributed by atoms with E-state index in [-0.39, 0.29) is 18.1 Å². The van der Waals surface area contributed by atoms with Gasteiger partial charge >= 0.3 is 5.97 Å². The molecular formula is C19H28N2O3S2. The topological polar surface area (TPSA) is 59.6 Å². The number of anilines is 1. The highest BCUT2D eigenvalue weighted by Crippen LogP contribution is 2.38. The molecule has 144 valence electrons. The quantitative estimate of drug-likeness (QED) is 0.445. The van der Waals surface area contributed by atoms with Crippen molar-refractivity contribution in [1.82, 2.24) is 5.32 Å². The van der Waals surface area contributed by atoms with Crippen LogP contribution in [0.3, 0.4) is 0 Å². The zero-order chi connectivity index (χ0) is 18.5. The zero-order valence-corrected chi connectivity index (χ0v) is 17.2. The van der Waals surface area contributed by atoms with Gasteiger partial charge in [0, 0.05) is 11.5 Å². The molecule has 2 atom stereocenters. The normalized spacial score (nSPS) is 20.8. The summed E-state index contributed by atoms with van der Waals surface area (Å²) in [5.41, 5.74) is 1.84. The van der Waals surface area contributed by atoms with E-state index in [2.05, 4.69) is 17.6 Å². The first-order valence-corrected chi connectivity index (χ1v) is 10.8. The van der Waals surface area contributed by atoms with Crippen LogP contribution in [-0.4, -0.2) is 36.4 Å². The maximum absolute atomic E-state index is 12.6. The van der Waals surface area contributed by atoms with E-state index in [1.165, 1.54) is 17.7 Å². The molecule has 0 bridgehead atoms. The molecule has 0 spiro atoms. The van der Waals surface area contributed by atoms with E-state index >= 15 is 0 Å². The predicted octanol–water partition coefficient (Wildman–Crippen LogP) is 4.05. The lowest BCUT2D eigenvalue weighted by Gasteiger charge is -2.22. The highest BCUT2D eigenvalue weighted by Gasteiger charge is 2.27. The SMILES string of the molecule is CCOC(=O)c1c(NC(=S)NC(C)C2CCCO2)sc2c1CCCCC2. The minimum absolute atomic E-state index is 0.140. The Bertz CT molecular complexity index is 653. The number of ether oxygens (including phenoxy) is 2. The van der Waals surface area contributed by atoms with E-state index in [1.807, 2.05) is 6.92 Å². The van der Waals surface area contributed by atoms with E-state index in [0.29, 0.717) is 17.3 Å². The molecule has 2 heterocycles. The zero-order valence-electron chi connectivity index (χ0n) is 15.6. The van der Waals surface area contributed by atoms with Crippen molar-refractivity contribution < 1.29 is 14.3 Å². The average molecular weight is 397 g/mol. The summed E-state index contributed by atoms with van der Waals surface area (Å²) in [6.07, 6.45) is 7.82. The highest BCUT2D eigenvalue weighted by molar-refractivity contribution is 7.80. The molecule has 26 heavy (non-hydrogen) atoms. The van der Waals surface area contributed by atoms with E-state index in [0.717, 1.165) is 49.3 Å². The molecular weight excluding hydrogens is 368 g/mol. The van der Waals surface area contributed by atoms with Crippen molar-refractivity contribution >= 4 is 39.6 Å². The predicted molar refractivity (Wildman–Crippen MR) is 109 cm³/mol. The third-order valence-corrected chi connectivity index (χ3v) is 6.44. The van der Waals surface area contributed by atoms with Crippen LogP contribution in [0.25, 0.3) is 0 Å². The number of carbonyl (C=O) groups is 1. The van der Waals surface area contributed by atoms with Crippen LogP contribution in [0.1, 0.15) is 66.8 Å². The van der Waals surface area contributed by atoms with Crippen molar-refractivity contribution in [2.24, 2.45) is 0 Å². The van der Waals surface area contributed by atoms with Crippen LogP contribution in [0.4, 0.5) is 5.00 Å². The lowest BCUT2D eigenvalue weighted by molar-refractivity contribution is 0.0527. The first kappa shape index (κ1) is 19.6. The summed E-state index contributed by atoms with van der Waals surface area (Å²) in [4.78, 5) is 13.9. The van der Waals surface area contributed by atoms with Gasteiger partial charge < -0.3 is 20.1 Å². The molecule has 2 aliphatic rings. The maximum Gasteiger partial charge on any atom is 0.341 e. The standard InChI is InChI=1S/C19H28N2O3S2/c1-3-23-18(22)16-13-8-5-4-6-10-15(13)26-17(16)21-19(25)20-12(2)14-9-7-11-24-14/h12,14H,3-11H2,1-2H3,(H2,20,21,25). The van der Waals surface area contributed by atoms with Gasteiger partial charge in [-0.1, -0.05) is 6.42 Å². The van der Waals surface area contributed by atoms with Crippen molar-refractivity contribution in [2.75, 3.05) is 18.5 Å². The third-order valence-electron chi connectivity index (χ3n) is 5.01. The van der Waals surface area contributed by atoms with Gasteiger partial charge in [-0.25, -0.2) is 4.79 Å². The minimum Gasteiger partial charge on any atom is -0.462 e. The second kappa shape index (κ2) is 9.15. The van der Waals surface area contributed by atoms with Crippen LogP contribution in [0.5, 0.6) is 0 Å². The fraction of sp³-hybridized carbons (Fsp3) is 0.684. The van der Waals surface area contributed by atoms with Crippen LogP contribution >= 0.6 is 23.6 Å². The van der Waals surface area contributed by atoms with E-state index in [1.54, 1.807) is 11.3 Å². The minimum atomic E-state index is -0.246. The number of thiocarbonyl (C=S) groups is 1. The van der Waals surface area contributed by atoms with E-state index in [9.17, 15) is 4.79 Å². The molecule has 0 amide bonds. The fourth-order valence-corrected chi connectivity index (χ4v) is 5.32. The van der Waals surface area contributed by atoms with Crippen molar-refractivity contribution in [3.63, 3.8) is 0 Å². The van der Waals surface area contributed by atoms with Gasteiger partial charge in [-0.15, -0.1) is 11.3 Å². The number of hydrogen-bond acceptors (Lipinski definition) is 5. The van der Waals surface area contributed by atoms with Crippen LogP contribution in [0, 0.1) is 0 Å². The Morgan fingerprint density at radius 1 is 1.35 bits per heavy atom. The number of rotatable bonds is 5. The Kier molecular flexibility index (Phi) is 6.89. The first-order chi connectivity index (χ1) is 12.6. The Morgan fingerprint density at radius 3 is 2.88 bits per heavy atom. The number of esters is 1. The van der Waals surface area contributed by atoms with Crippen LogP contribution in [0.2, 0.25) is 0 Å². The summed E-state index contributed by atoms with van der Waals surface area (Å²) in [6, 6.07) is 0.140. The Hall–Kier alpha value is -1.18. The van der Waals surface area contributed by atoms with Gasteiger partial charge in [0.15, 0.2) is 5.11 Å². The van der Waals surface area contributed by atoms with Gasteiger partial charge in [-0.05, 0) is 70.2 Å². The fourth-order valence-electron chi connectivity index (χ4n) is 3.69. The van der Waals surface area contributed by atoms with Crippen molar-refractivity contribution in [3.8, 4) is 0 Å². The summed E-state index contributed by atoms with van der Waals surface area (Å²) < 4.78 is 11.0. The number of fused-ring (bicyclic) bond motifs is 1. The number of nitrogens with one attached hydrogen (secondary N) is 2. The molecule has 1 fully saturated rings. The molecule has 1 aromatic rings. The van der Waals surface area contributed by atoms with Crippen molar-refractivity contribution in [1.29, 1.82) is 0 Å². The van der Waals surface area contributed by atoms with Gasteiger partial charge in [0.2, 0.25) is 0 Å². The molecule has 1 saturated heterocycles. The summed E-state index contributed by atoms with van der Waals surface area (Å²) >= 11 is 7.15. The summed E-state index contributed by atoms with van der Waals surface area (Å²) in [5, 5.41) is 7.92. The molecule has 5 nitrogen and oxygen atoms in total. The lowest BCUT2D eigenvalue weighted by atomic mass is 10.1. The largest absolute Gasteiger partial charge is 0.462 e. The van der Waals surface area contributed by atoms with Gasteiger partial charge in [-0.3, -0.25) is 0 Å². The first-order valence-electron chi connectivity index (χ1n) is 9.61. The Labute approximate surface area is 164 Å². The van der Waals surface area contributed by atoms with Crippen LogP contribution in [0.15, 0.2) is 0 Å². The van der Waals surface area contributed by atoms with Crippen molar-refractivity contribution in [3.05, 3.63) is 16.0 Å². The molecule has 0 radical (unpaired) electrons. The van der Waals surface area contributed by atoms with E-state index in [4.69, 9.17) is 21.7 Å². The van der Waals surface area contributed by atoms with Gasteiger partial charge in [0.05, 0.1) is 24.3 Å². The summed E-state index contributed by atoms with van der Waals surface area (Å²) in [7, 11) is 0. The smallest absolute Gasteiger partial charge is 0.341 e. The Morgan fingerprint density at radius 2 is 2.15 bits per heavy atom. The van der Waals surface area contributed by atoms with E-state index < -0.39 is 0 Å². The number of carbonyl (C=O) groups excluding carboxylic acids is 1. The van der Waals surface area contributed by atoms with Crippen LogP contribution in [-0.2, 0) is 22.3 Å². The molecule has 0 aromatic carbocycles. The third kappa shape index (κ3) is 4.56. The number of aryl methyl sites for hydroxylation is 1. The average Bonchev–Trinajstić information content (AvgIpc) is 3.18. The molecule has 2 N–H and O–H groups in total. The highest BCUT2D eigenvalue weighted by atomic mass is 32.1. The molecule has 1 aliphatic carbocycles. The molecule has 7 heteroatoms. The summed E-state index contributed by atoms with van der Waals surface area (Å²) in [5.74, 6) is -0.246. The van der Waals surface area contributed by atoms with Gasteiger partial charge in [0.25, 0.3) is 0 Å². The maximum atomic E-state index is 12.6. The molecule has 0 saturated carbocycles. The van der Waals surface area contributed by atoms with Crippen LogP contribution < -0.4 is 10.6 Å². The van der Waals surface area contributed by atoms with Gasteiger partial charge in [-0.2, -0.15) is 0 Å². The monoisotopic (exact) mass is 396 g/mol. The molecule has 1 aliphatic heterocycles. The lowest BCUT2D eigenvalue weighted by Crippen LogP contribution is -2.42. The molecule has 2 unspecified atom stereocenters. The molecule has 1 aromatic heterocycles. The van der Waals surface area contributed by atoms with Gasteiger partial charge in [0.1, 0.15) is 5.00 Å². The second-order valence-electron chi connectivity index (χ2n) is 6.93. The molecule has 3 rings (SSSR count). The number of thiophene rings is 1. The Balaban J connectivity index is 1.75. The summed E-state index contributed by atoms with van der Waals surface area (Å²) in [6.45, 7) is 5.12.